The lowest BCUT2D eigenvalue weighted by molar-refractivity contribution is -0.137. The molecule has 0 unspecified atom stereocenters. The molecule has 0 aromatic carbocycles. The molecule has 1 aliphatic carbocycles. The van der Waals surface area contributed by atoms with Crippen LogP contribution in [0, 0.1) is 17.2 Å². The first-order valence-corrected chi connectivity index (χ1v) is 3.45. The lowest BCUT2D eigenvalue weighted by Gasteiger charge is -2.51. The topological polar surface area (TPSA) is 52.9 Å². The lowest BCUT2D eigenvalue weighted by Crippen LogP contribution is -2.67. The van der Waals surface area contributed by atoms with E-state index >= 15 is 0 Å². The van der Waals surface area contributed by atoms with E-state index in [1.54, 1.807) is 0 Å². The highest BCUT2D eigenvalue weighted by Gasteiger charge is 2.52. The van der Waals surface area contributed by atoms with Gasteiger partial charge in [-0.15, -0.1) is 0 Å². The van der Waals surface area contributed by atoms with E-state index in [2.05, 4.69) is 11.4 Å². The van der Waals surface area contributed by atoms with Gasteiger partial charge in [0.05, 0.1) is 17.5 Å². The Hall–Kier alpha value is -1.04. The minimum atomic E-state index is 0.0669. The van der Waals surface area contributed by atoms with Gasteiger partial charge in [0.15, 0.2) is 0 Å². The minimum absolute atomic E-state index is 0.0669. The molecule has 1 N–H and O–H groups in total. The molecular formula is C7H8N2O. The van der Waals surface area contributed by atoms with Crippen LogP contribution < -0.4 is 5.32 Å². The van der Waals surface area contributed by atoms with Gasteiger partial charge in [-0.1, -0.05) is 0 Å². The number of carbonyl (C=O) groups excluding carboxylic acids is 1. The number of hydrogen-bond acceptors (Lipinski definition) is 2. The fourth-order valence-electron chi connectivity index (χ4n) is 1.81. The molecule has 0 aromatic heterocycles. The smallest absolute Gasteiger partial charge is 0.222 e. The molecule has 52 valence electrons. The first-order chi connectivity index (χ1) is 4.74. The second-order valence-corrected chi connectivity index (χ2v) is 3.24. The van der Waals surface area contributed by atoms with Crippen molar-refractivity contribution in [1.82, 2.24) is 5.32 Å². The second-order valence-electron chi connectivity index (χ2n) is 3.24. The zero-order valence-electron chi connectivity index (χ0n) is 5.55. The molecule has 3 nitrogen and oxygen atoms in total. The Labute approximate surface area is 59.0 Å². The molecular weight excluding hydrogens is 128 g/mol. The van der Waals surface area contributed by atoms with Gasteiger partial charge in [0.1, 0.15) is 0 Å². The monoisotopic (exact) mass is 136 g/mol. The number of β-lactam (4-membered cyclic amide) rings is 1. The second kappa shape index (κ2) is 1.51. The summed E-state index contributed by atoms with van der Waals surface area (Å²) in [4.78, 5) is 10.5. The molecule has 1 aliphatic heterocycles. The van der Waals surface area contributed by atoms with Gasteiger partial charge in [-0.05, 0) is 12.8 Å². The van der Waals surface area contributed by atoms with Crippen molar-refractivity contribution in [3.63, 3.8) is 0 Å². The van der Waals surface area contributed by atoms with Gasteiger partial charge < -0.3 is 5.32 Å². The SMILES string of the molecule is N#CC1CC2(CC(=O)N2)C1. The van der Waals surface area contributed by atoms with Crippen LogP contribution >= 0.6 is 0 Å². The molecule has 0 radical (unpaired) electrons. The zero-order chi connectivity index (χ0) is 7.19. The first kappa shape index (κ1) is 5.72. The summed E-state index contributed by atoms with van der Waals surface area (Å²) >= 11 is 0. The molecule has 0 bridgehead atoms. The van der Waals surface area contributed by atoms with Crippen LogP contribution in [0.2, 0.25) is 0 Å². The van der Waals surface area contributed by atoms with Crippen molar-refractivity contribution >= 4 is 5.91 Å². The Bertz CT molecular complexity index is 212. The minimum Gasteiger partial charge on any atom is -0.350 e. The van der Waals surface area contributed by atoms with Crippen molar-refractivity contribution in [2.75, 3.05) is 0 Å². The fourth-order valence-corrected chi connectivity index (χ4v) is 1.81. The predicted octanol–water partition coefficient (Wildman–Crippen LogP) is 0.179. The van der Waals surface area contributed by atoms with Crippen LogP contribution in [0.5, 0.6) is 0 Å². The lowest BCUT2D eigenvalue weighted by atomic mass is 9.63. The maximum atomic E-state index is 10.5. The third kappa shape index (κ3) is 0.563. The van der Waals surface area contributed by atoms with E-state index in [0.717, 1.165) is 12.8 Å². The predicted molar refractivity (Wildman–Crippen MR) is 33.8 cm³/mol. The van der Waals surface area contributed by atoms with Crippen molar-refractivity contribution in [3.8, 4) is 6.07 Å². The fraction of sp³-hybridized carbons (Fsp3) is 0.714. The first-order valence-electron chi connectivity index (χ1n) is 3.45. The summed E-state index contributed by atoms with van der Waals surface area (Å²) in [7, 11) is 0. The van der Waals surface area contributed by atoms with E-state index in [1.165, 1.54) is 0 Å². The molecule has 0 atom stereocenters. The van der Waals surface area contributed by atoms with Crippen molar-refractivity contribution in [1.29, 1.82) is 5.26 Å². The van der Waals surface area contributed by atoms with Crippen LogP contribution in [-0.2, 0) is 4.79 Å². The Balaban J connectivity index is 1.92. The highest BCUT2D eigenvalue weighted by molar-refractivity contribution is 5.85. The molecule has 1 spiro atoms. The standard InChI is InChI=1S/C7H8N2O/c8-4-5-1-7(2-5)3-6(10)9-7/h5H,1-3H2,(H,9,10). The maximum Gasteiger partial charge on any atom is 0.222 e. The Kier molecular flexibility index (Phi) is 0.866. The Morgan fingerprint density at radius 2 is 2.30 bits per heavy atom. The van der Waals surface area contributed by atoms with Crippen LogP contribution in [0.4, 0.5) is 0 Å². The summed E-state index contributed by atoms with van der Waals surface area (Å²) in [6.45, 7) is 0. The molecule has 1 saturated carbocycles. The number of rotatable bonds is 0. The average Bonchev–Trinajstić information content (AvgIpc) is 1.74. The average molecular weight is 136 g/mol. The third-order valence-corrected chi connectivity index (χ3v) is 2.36. The molecule has 1 amide bonds. The Morgan fingerprint density at radius 3 is 2.70 bits per heavy atom. The van der Waals surface area contributed by atoms with Gasteiger partial charge in [-0.3, -0.25) is 4.79 Å². The molecule has 3 heteroatoms. The van der Waals surface area contributed by atoms with E-state index in [0.29, 0.717) is 6.42 Å². The summed E-state index contributed by atoms with van der Waals surface area (Å²) in [5.74, 6) is 0.331. The van der Waals surface area contributed by atoms with E-state index in [9.17, 15) is 4.79 Å². The molecule has 2 rings (SSSR count). The van der Waals surface area contributed by atoms with Crippen LogP contribution in [-0.4, -0.2) is 11.4 Å². The molecule has 0 aromatic rings. The molecule has 10 heavy (non-hydrogen) atoms. The highest BCUT2D eigenvalue weighted by Crippen LogP contribution is 2.44. The number of nitrogens with zero attached hydrogens (tertiary/aromatic N) is 1. The van der Waals surface area contributed by atoms with Crippen molar-refractivity contribution < 1.29 is 4.79 Å². The van der Waals surface area contributed by atoms with Crippen LogP contribution in [0.25, 0.3) is 0 Å². The number of amides is 1. The summed E-state index contributed by atoms with van der Waals surface area (Å²) in [5.41, 5.74) is 0.0669. The largest absolute Gasteiger partial charge is 0.350 e. The maximum absolute atomic E-state index is 10.5. The summed E-state index contributed by atoms with van der Waals surface area (Å²) < 4.78 is 0. The van der Waals surface area contributed by atoms with Crippen molar-refractivity contribution in [2.45, 2.75) is 24.8 Å². The quantitative estimate of drug-likeness (QED) is 0.483. The molecule has 1 heterocycles. The van der Waals surface area contributed by atoms with Crippen LogP contribution in [0.3, 0.4) is 0 Å². The van der Waals surface area contributed by atoms with E-state index in [4.69, 9.17) is 5.26 Å². The normalized spacial score (nSPS) is 43.1. The molecule has 2 aliphatic rings. The highest BCUT2D eigenvalue weighted by atomic mass is 16.2. The summed E-state index contributed by atoms with van der Waals surface area (Å²) in [6.07, 6.45) is 2.38. The number of carbonyl (C=O) groups is 1. The van der Waals surface area contributed by atoms with Gasteiger partial charge in [-0.2, -0.15) is 5.26 Å². The van der Waals surface area contributed by atoms with Crippen molar-refractivity contribution in [2.24, 2.45) is 5.92 Å². The Morgan fingerprint density at radius 1 is 1.70 bits per heavy atom. The van der Waals surface area contributed by atoms with Crippen LogP contribution in [0.15, 0.2) is 0 Å². The summed E-state index contributed by atoms with van der Waals surface area (Å²) in [6, 6.07) is 2.19. The third-order valence-electron chi connectivity index (χ3n) is 2.36. The van der Waals surface area contributed by atoms with Gasteiger partial charge in [0, 0.05) is 6.42 Å². The number of nitrogens with one attached hydrogen (secondary N) is 1. The van der Waals surface area contributed by atoms with E-state index < -0.39 is 0 Å². The van der Waals surface area contributed by atoms with Crippen molar-refractivity contribution in [3.05, 3.63) is 0 Å². The van der Waals surface area contributed by atoms with E-state index in [1.807, 2.05) is 0 Å². The number of nitriles is 1. The summed E-state index contributed by atoms with van der Waals surface area (Å²) in [5, 5.41) is 11.3. The zero-order valence-corrected chi connectivity index (χ0v) is 5.55. The molecule has 1 saturated heterocycles. The van der Waals surface area contributed by atoms with Gasteiger partial charge in [0.25, 0.3) is 0 Å². The van der Waals surface area contributed by atoms with E-state index in [-0.39, 0.29) is 17.4 Å². The van der Waals surface area contributed by atoms with Gasteiger partial charge in [0.2, 0.25) is 5.91 Å². The van der Waals surface area contributed by atoms with Gasteiger partial charge >= 0.3 is 0 Å². The van der Waals surface area contributed by atoms with Crippen LogP contribution in [0.1, 0.15) is 19.3 Å². The molecule has 2 fully saturated rings. The van der Waals surface area contributed by atoms with Gasteiger partial charge in [-0.25, -0.2) is 0 Å². The number of hydrogen-bond donors (Lipinski definition) is 1.